The second-order valence-corrected chi connectivity index (χ2v) is 8.08. The zero-order chi connectivity index (χ0) is 18.1. The summed E-state index contributed by atoms with van der Waals surface area (Å²) >= 11 is 0. The molecule has 0 heterocycles. The van der Waals surface area contributed by atoms with Crippen LogP contribution >= 0.6 is 0 Å². The van der Waals surface area contributed by atoms with Crippen LogP contribution in [0.15, 0.2) is 60.2 Å². The van der Waals surface area contributed by atoms with Crippen molar-refractivity contribution in [1.82, 2.24) is 0 Å². The van der Waals surface area contributed by atoms with Gasteiger partial charge in [-0.25, -0.2) is 0 Å². The SMILES string of the molecule is Cc1cc(C)cc(C(c2cc(C)cc(C)c2)C2C=CC(C(C)C)=C2)c1. The van der Waals surface area contributed by atoms with E-state index >= 15 is 0 Å². The third-order valence-electron chi connectivity index (χ3n) is 5.15. The average molecular weight is 331 g/mol. The molecular formula is C25H30. The first-order chi connectivity index (χ1) is 11.8. The van der Waals surface area contributed by atoms with Gasteiger partial charge in [0.25, 0.3) is 0 Å². The minimum atomic E-state index is 0.379. The summed E-state index contributed by atoms with van der Waals surface area (Å²) in [5.41, 5.74) is 9.71. The van der Waals surface area contributed by atoms with E-state index in [1.54, 1.807) is 0 Å². The van der Waals surface area contributed by atoms with Gasteiger partial charge >= 0.3 is 0 Å². The topological polar surface area (TPSA) is 0 Å². The Bertz CT molecular complexity index is 741. The fourth-order valence-corrected chi connectivity index (χ4v) is 4.16. The Morgan fingerprint density at radius 2 is 1.12 bits per heavy atom. The number of hydrogen-bond donors (Lipinski definition) is 0. The van der Waals surface area contributed by atoms with Crippen molar-refractivity contribution in [2.24, 2.45) is 11.8 Å². The van der Waals surface area contributed by atoms with Crippen LogP contribution in [0.4, 0.5) is 0 Å². The van der Waals surface area contributed by atoms with E-state index in [-0.39, 0.29) is 0 Å². The highest BCUT2D eigenvalue weighted by atomic mass is 14.3. The van der Waals surface area contributed by atoms with Gasteiger partial charge in [0.1, 0.15) is 0 Å². The Morgan fingerprint density at radius 1 is 0.680 bits per heavy atom. The minimum absolute atomic E-state index is 0.379. The Balaban J connectivity index is 2.13. The zero-order valence-electron chi connectivity index (χ0n) is 16.4. The van der Waals surface area contributed by atoms with Crippen molar-refractivity contribution >= 4 is 0 Å². The zero-order valence-corrected chi connectivity index (χ0v) is 16.4. The molecule has 0 aliphatic heterocycles. The molecular weight excluding hydrogens is 300 g/mol. The van der Waals surface area contributed by atoms with Gasteiger partial charge in [-0.1, -0.05) is 90.7 Å². The molecule has 0 bridgehead atoms. The maximum absolute atomic E-state index is 2.48. The van der Waals surface area contributed by atoms with Gasteiger partial charge in [0.05, 0.1) is 0 Å². The summed E-state index contributed by atoms with van der Waals surface area (Å²) in [4.78, 5) is 0. The van der Waals surface area contributed by atoms with Crippen molar-refractivity contribution in [3.8, 4) is 0 Å². The highest BCUT2D eigenvalue weighted by molar-refractivity contribution is 5.45. The van der Waals surface area contributed by atoms with Gasteiger partial charge in [-0.05, 0) is 50.3 Å². The number of aryl methyl sites for hydroxylation is 4. The first-order valence-electron chi connectivity index (χ1n) is 9.40. The molecule has 130 valence electrons. The summed E-state index contributed by atoms with van der Waals surface area (Å²) in [6.45, 7) is 13.4. The van der Waals surface area contributed by atoms with Crippen LogP contribution in [0.25, 0.3) is 0 Å². The van der Waals surface area contributed by atoms with Gasteiger partial charge < -0.3 is 0 Å². The quantitative estimate of drug-likeness (QED) is 0.577. The summed E-state index contributed by atoms with van der Waals surface area (Å²) < 4.78 is 0. The molecule has 3 rings (SSSR count). The van der Waals surface area contributed by atoms with Crippen LogP contribution in [0.1, 0.15) is 53.1 Å². The lowest BCUT2D eigenvalue weighted by Crippen LogP contribution is -2.11. The molecule has 1 unspecified atom stereocenters. The summed E-state index contributed by atoms with van der Waals surface area (Å²) in [6.07, 6.45) is 7.20. The van der Waals surface area contributed by atoms with Gasteiger partial charge in [-0.2, -0.15) is 0 Å². The largest absolute Gasteiger partial charge is 0.0764 e. The van der Waals surface area contributed by atoms with Crippen LogP contribution in [-0.4, -0.2) is 0 Å². The standard InChI is InChI=1S/C25H30/c1-16(2)21-7-8-22(15-21)25(23-11-17(3)9-18(4)12-23)24-13-19(5)10-20(6)14-24/h7-16,22,25H,1-6H3. The van der Waals surface area contributed by atoms with Crippen LogP contribution in [0.5, 0.6) is 0 Å². The Labute approximate surface area is 153 Å². The number of allylic oxidation sites excluding steroid dienone is 4. The highest BCUT2D eigenvalue weighted by Crippen LogP contribution is 2.39. The number of hydrogen-bond acceptors (Lipinski definition) is 0. The molecule has 2 aromatic rings. The monoisotopic (exact) mass is 330 g/mol. The first-order valence-corrected chi connectivity index (χ1v) is 9.40. The normalized spacial score (nSPS) is 16.8. The Hall–Kier alpha value is -2.08. The molecule has 0 N–H and O–H groups in total. The van der Waals surface area contributed by atoms with E-state index in [0.717, 1.165) is 0 Å². The maximum Gasteiger partial charge on any atom is 0.0187 e. The Kier molecular flexibility index (Phi) is 4.99. The average Bonchev–Trinajstić information content (AvgIpc) is 2.95. The van der Waals surface area contributed by atoms with Gasteiger partial charge in [0.15, 0.2) is 0 Å². The van der Waals surface area contributed by atoms with Crippen LogP contribution in [0.2, 0.25) is 0 Å². The third kappa shape index (κ3) is 3.95. The number of rotatable bonds is 4. The molecule has 0 fully saturated rings. The van der Waals surface area contributed by atoms with Crippen molar-refractivity contribution in [2.45, 2.75) is 47.5 Å². The predicted molar refractivity (Wildman–Crippen MR) is 109 cm³/mol. The molecule has 0 saturated heterocycles. The van der Waals surface area contributed by atoms with E-state index in [2.05, 4.69) is 96.2 Å². The van der Waals surface area contributed by atoms with Crippen molar-refractivity contribution < 1.29 is 0 Å². The second kappa shape index (κ2) is 7.04. The molecule has 0 spiro atoms. The van der Waals surface area contributed by atoms with Crippen molar-refractivity contribution in [3.05, 3.63) is 93.6 Å². The molecule has 1 aliphatic carbocycles. The predicted octanol–water partition coefficient (Wildman–Crippen LogP) is 6.82. The van der Waals surface area contributed by atoms with E-state index in [9.17, 15) is 0 Å². The fraction of sp³-hybridized carbons (Fsp3) is 0.360. The molecule has 0 heteroatoms. The van der Waals surface area contributed by atoms with Crippen LogP contribution in [0.3, 0.4) is 0 Å². The second-order valence-electron chi connectivity index (χ2n) is 8.08. The molecule has 0 nitrogen and oxygen atoms in total. The van der Waals surface area contributed by atoms with Crippen LogP contribution in [-0.2, 0) is 0 Å². The summed E-state index contributed by atoms with van der Waals surface area (Å²) in [5.74, 6) is 1.39. The van der Waals surface area contributed by atoms with Crippen molar-refractivity contribution in [1.29, 1.82) is 0 Å². The summed E-state index contributed by atoms with van der Waals surface area (Å²) in [5, 5.41) is 0. The fourth-order valence-electron chi connectivity index (χ4n) is 4.16. The molecule has 0 saturated carbocycles. The van der Waals surface area contributed by atoms with E-state index in [0.29, 0.717) is 17.8 Å². The highest BCUT2D eigenvalue weighted by Gasteiger charge is 2.25. The van der Waals surface area contributed by atoms with Gasteiger partial charge in [-0.3, -0.25) is 0 Å². The Morgan fingerprint density at radius 3 is 1.48 bits per heavy atom. The minimum Gasteiger partial charge on any atom is -0.0764 e. The van der Waals surface area contributed by atoms with Crippen LogP contribution in [0, 0.1) is 39.5 Å². The van der Waals surface area contributed by atoms with Crippen LogP contribution < -0.4 is 0 Å². The van der Waals surface area contributed by atoms with E-state index in [4.69, 9.17) is 0 Å². The van der Waals surface area contributed by atoms with E-state index < -0.39 is 0 Å². The molecule has 0 aromatic heterocycles. The third-order valence-corrected chi connectivity index (χ3v) is 5.15. The van der Waals surface area contributed by atoms with E-state index in [1.165, 1.54) is 39.0 Å². The molecule has 2 aromatic carbocycles. The van der Waals surface area contributed by atoms with Gasteiger partial charge in [0, 0.05) is 11.8 Å². The molecule has 25 heavy (non-hydrogen) atoms. The van der Waals surface area contributed by atoms with Gasteiger partial charge in [0.2, 0.25) is 0 Å². The molecule has 1 atom stereocenters. The lowest BCUT2D eigenvalue weighted by atomic mass is 9.79. The van der Waals surface area contributed by atoms with E-state index in [1.807, 2.05) is 0 Å². The molecule has 1 aliphatic rings. The summed E-state index contributed by atoms with van der Waals surface area (Å²) in [7, 11) is 0. The molecule has 0 radical (unpaired) electrons. The first kappa shape index (κ1) is 17.7. The van der Waals surface area contributed by atoms with Gasteiger partial charge in [-0.15, -0.1) is 0 Å². The van der Waals surface area contributed by atoms with Crippen molar-refractivity contribution in [3.63, 3.8) is 0 Å². The lowest BCUT2D eigenvalue weighted by Gasteiger charge is -2.24. The molecule has 0 amide bonds. The summed E-state index contributed by atoms with van der Waals surface area (Å²) in [6, 6.07) is 14.0. The smallest absolute Gasteiger partial charge is 0.0187 e. The number of benzene rings is 2. The maximum atomic E-state index is 2.48. The van der Waals surface area contributed by atoms with Crippen molar-refractivity contribution in [2.75, 3.05) is 0 Å². The lowest BCUT2D eigenvalue weighted by molar-refractivity contribution is 0.682.